The van der Waals surface area contributed by atoms with Gasteiger partial charge in [-0.2, -0.15) is 0 Å². The number of hydrogen-bond donors (Lipinski definition) is 0. The van der Waals surface area contributed by atoms with E-state index in [-0.39, 0.29) is 0 Å². The van der Waals surface area contributed by atoms with Gasteiger partial charge in [0.15, 0.2) is 0 Å². The van der Waals surface area contributed by atoms with Crippen molar-refractivity contribution < 1.29 is 4.79 Å². The second-order valence-electron chi connectivity index (χ2n) is 6.37. The van der Waals surface area contributed by atoms with Crippen molar-refractivity contribution in [3.8, 4) is 0 Å². The standard InChI is InChI=1S/C22H38O/c1-2-3-4-5-6-7-8-9-10-11-12-13-14-15-16-17-18-19-20-21-22-23/h16-22H,2-15H2,1H3. The maximum atomic E-state index is 10.0. The third-order valence-corrected chi connectivity index (χ3v) is 4.13. The van der Waals surface area contributed by atoms with Crippen LogP contribution in [0.1, 0.15) is 96.8 Å². The first kappa shape index (κ1) is 21.9. The van der Waals surface area contributed by atoms with Crippen molar-refractivity contribution in [2.24, 2.45) is 0 Å². The molecule has 0 heterocycles. The number of hydrogen-bond acceptors (Lipinski definition) is 1. The summed E-state index contributed by atoms with van der Waals surface area (Å²) in [6.45, 7) is 2.28. The molecule has 1 nitrogen and oxygen atoms in total. The summed E-state index contributed by atoms with van der Waals surface area (Å²) in [5.41, 5.74) is 0. The van der Waals surface area contributed by atoms with Gasteiger partial charge in [0.25, 0.3) is 0 Å². The minimum absolute atomic E-state index is 0.793. The van der Waals surface area contributed by atoms with E-state index >= 15 is 0 Å². The molecule has 0 spiro atoms. The molecule has 23 heavy (non-hydrogen) atoms. The van der Waals surface area contributed by atoms with Gasteiger partial charge in [0.1, 0.15) is 6.29 Å². The first-order chi connectivity index (χ1) is 11.4. The zero-order valence-electron chi connectivity index (χ0n) is 15.3. The Labute approximate surface area is 144 Å². The summed E-state index contributed by atoms with van der Waals surface area (Å²) in [7, 11) is 0. The van der Waals surface area contributed by atoms with Gasteiger partial charge in [0.2, 0.25) is 0 Å². The molecular weight excluding hydrogens is 280 g/mol. The van der Waals surface area contributed by atoms with Crippen molar-refractivity contribution in [2.75, 3.05) is 0 Å². The molecule has 0 fully saturated rings. The summed E-state index contributed by atoms with van der Waals surface area (Å²) in [5, 5.41) is 0. The van der Waals surface area contributed by atoms with E-state index in [0.717, 1.165) is 6.29 Å². The molecule has 0 aliphatic heterocycles. The number of rotatable bonds is 17. The van der Waals surface area contributed by atoms with Gasteiger partial charge >= 0.3 is 0 Å². The van der Waals surface area contributed by atoms with Gasteiger partial charge in [0, 0.05) is 0 Å². The van der Waals surface area contributed by atoms with E-state index in [1.165, 1.54) is 96.0 Å². The number of carbonyl (C=O) groups is 1. The highest BCUT2D eigenvalue weighted by atomic mass is 16.1. The molecule has 0 saturated heterocycles. The molecule has 0 aromatic heterocycles. The number of unbranched alkanes of at least 4 members (excludes halogenated alkanes) is 13. The van der Waals surface area contributed by atoms with Crippen molar-refractivity contribution in [3.63, 3.8) is 0 Å². The monoisotopic (exact) mass is 318 g/mol. The van der Waals surface area contributed by atoms with E-state index in [1.54, 1.807) is 6.08 Å². The highest BCUT2D eigenvalue weighted by molar-refractivity contribution is 5.65. The van der Waals surface area contributed by atoms with Crippen LogP contribution in [-0.4, -0.2) is 6.29 Å². The van der Waals surface area contributed by atoms with Crippen LogP contribution < -0.4 is 0 Å². The Balaban J connectivity index is 3.13. The van der Waals surface area contributed by atoms with E-state index < -0.39 is 0 Å². The molecule has 0 rings (SSSR count). The molecule has 0 N–H and O–H groups in total. The molecule has 0 aromatic rings. The molecule has 0 aromatic carbocycles. The first-order valence-electron chi connectivity index (χ1n) is 9.85. The third kappa shape index (κ3) is 20.9. The lowest BCUT2D eigenvalue weighted by molar-refractivity contribution is -0.104. The minimum Gasteiger partial charge on any atom is -0.299 e. The Bertz CT molecular complexity index is 312. The molecule has 0 aliphatic carbocycles. The maximum Gasteiger partial charge on any atom is 0.142 e. The van der Waals surface area contributed by atoms with Gasteiger partial charge in [-0.25, -0.2) is 0 Å². The fourth-order valence-corrected chi connectivity index (χ4v) is 2.69. The van der Waals surface area contributed by atoms with Gasteiger partial charge in [-0.05, 0) is 18.9 Å². The Kier molecular flexibility index (Phi) is 19.9. The van der Waals surface area contributed by atoms with Crippen molar-refractivity contribution in [1.82, 2.24) is 0 Å². The lowest BCUT2D eigenvalue weighted by Crippen LogP contribution is -1.82. The Morgan fingerprint density at radius 1 is 0.522 bits per heavy atom. The smallest absolute Gasteiger partial charge is 0.142 e. The fraction of sp³-hybridized carbons (Fsp3) is 0.682. The largest absolute Gasteiger partial charge is 0.299 e. The summed E-state index contributed by atoms with van der Waals surface area (Å²) in [5.74, 6) is 0. The number of allylic oxidation sites excluding steroid dienone is 6. The Morgan fingerprint density at radius 3 is 1.48 bits per heavy atom. The van der Waals surface area contributed by atoms with Crippen LogP contribution in [0, 0.1) is 0 Å². The van der Waals surface area contributed by atoms with Crippen LogP contribution in [0.15, 0.2) is 36.5 Å². The predicted octanol–water partition coefficient (Wildman–Crippen LogP) is 7.34. The van der Waals surface area contributed by atoms with Gasteiger partial charge in [-0.1, -0.05) is 114 Å². The van der Waals surface area contributed by atoms with Crippen molar-refractivity contribution in [3.05, 3.63) is 36.5 Å². The van der Waals surface area contributed by atoms with Gasteiger partial charge in [-0.3, -0.25) is 4.79 Å². The summed E-state index contributed by atoms with van der Waals surface area (Å²) < 4.78 is 0. The van der Waals surface area contributed by atoms with E-state index in [0.29, 0.717) is 0 Å². The summed E-state index contributed by atoms with van der Waals surface area (Å²) >= 11 is 0. The van der Waals surface area contributed by atoms with Crippen molar-refractivity contribution >= 4 is 6.29 Å². The van der Waals surface area contributed by atoms with Crippen LogP contribution in [0.2, 0.25) is 0 Å². The summed E-state index contributed by atoms with van der Waals surface area (Å²) in [6.07, 6.45) is 31.7. The molecule has 0 radical (unpaired) electrons. The summed E-state index contributed by atoms with van der Waals surface area (Å²) in [6, 6.07) is 0. The second-order valence-corrected chi connectivity index (χ2v) is 6.37. The van der Waals surface area contributed by atoms with E-state index in [2.05, 4.69) is 19.1 Å². The molecule has 1 heteroatoms. The maximum absolute atomic E-state index is 10.0. The fourth-order valence-electron chi connectivity index (χ4n) is 2.69. The number of carbonyl (C=O) groups excluding carboxylic acids is 1. The highest BCUT2D eigenvalue weighted by Crippen LogP contribution is 2.12. The Morgan fingerprint density at radius 2 is 0.957 bits per heavy atom. The zero-order chi connectivity index (χ0) is 16.8. The number of aldehydes is 1. The minimum atomic E-state index is 0.793. The van der Waals surface area contributed by atoms with Gasteiger partial charge in [0.05, 0.1) is 0 Å². The molecule has 0 amide bonds. The topological polar surface area (TPSA) is 17.1 Å². The van der Waals surface area contributed by atoms with Crippen LogP contribution in [0.4, 0.5) is 0 Å². The second kappa shape index (κ2) is 20.9. The van der Waals surface area contributed by atoms with E-state index in [4.69, 9.17) is 0 Å². The SMILES string of the molecule is CCCCCCCCCCCCCCCC=CC=CC=CC=O. The van der Waals surface area contributed by atoms with Crippen LogP contribution in [-0.2, 0) is 4.79 Å². The van der Waals surface area contributed by atoms with E-state index in [1.807, 2.05) is 12.2 Å². The van der Waals surface area contributed by atoms with Crippen LogP contribution >= 0.6 is 0 Å². The molecular formula is C22H38O. The van der Waals surface area contributed by atoms with Crippen LogP contribution in [0.5, 0.6) is 0 Å². The van der Waals surface area contributed by atoms with Gasteiger partial charge in [-0.15, -0.1) is 0 Å². The molecule has 0 saturated carbocycles. The van der Waals surface area contributed by atoms with Gasteiger partial charge < -0.3 is 0 Å². The molecule has 0 atom stereocenters. The molecule has 0 bridgehead atoms. The zero-order valence-corrected chi connectivity index (χ0v) is 15.3. The molecule has 0 unspecified atom stereocenters. The lowest BCUT2D eigenvalue weighted by Gasteiger charge is -2.02. The highest BCUT2D eigenvalue weighted by Gasteiger charge is 1.93. The average Bonchev–Trinajstić information content (AvgIpc) is 2.57. The molecule has 132 valence electrons. The predicted molar refractivity (Wildman–Crippen MR) is 104 cm³/mol. The van der Waals surface area contributed by atoms with Crippen molar-refractivity contribution in [2.45, 2.75) is 96.8 Å². The van der Waals surface area contributed by atoms with Crippen LogP contribution in [0.3, 0.4) is 0 Å². The molecule has 0 aliphatic rings. The summed E-state index contributed by atoms with van der Waals surface area (Å²) in [4.78, 5) is 10.0. The third-order valence-electron chi connectivity index (χ3n) is 4.13. The Hall–Kier alpha value is -1.11. The average molecular weight is 319 g/mol. The van der Waals surface area contributed by atoms with E-state index in [9.17, 15) is 4.79 Å². The van der Waals surface area contributed by atoms with Crippen molar-refractivity contribution in [1.29, 1.82) is 0 Å². The first-order valence-corrected chi connectivity index (χ1v) is 9.85. The normalized spacial score (nSPS) is 12.0. The quantitative estimate of drug-likeness (QED) is 0.119. The van der Waals surface area contributed by atoms with Crippen LogP contribution in [0.25, 0.3) is 0 Å². The lowest BCUT2D eigenvalue weighted by atomic mass is 10.0.